The molecule has 6 nitrogen and oxygen atoms in total. The van der Waals surface area contributed by atoms with Gasteiger partial charge in [-0.3, -0.25) is 4.79 Å². The predicted octanol–water partition coefficient (Wildman–Crippen LogP) is 2.92. The smallest absolute Gasteiger partial charge is 0.222 e. The molecule has 2 saturated heterocycles. The summed E-state index contributed by atoms with van der Waals surface area (Å²) in [6.45, 7) is 2.12. The molecule has 4 fully saturated rings. The van der Waals surface area contributed by atoms with Crippen molar-refractivity contribution in [3.05, 3.63) is 0 Å². The topological polar surface area (TPSA) is 66.9 Å². The predicted molar refractivity (Wildman–Crippen MR) is 108 cm³/mol. The van der Waals surface area contributed by atoms with Gasteiger partial charge in [-0.25, -0.2) is 8.42 Å². The van der Waals surface area contributed by atoms with Crippen molar-refractivity contribution in [1.82, 2.24) is 9.21 Å². The van der Waals surface area contributed by atoms with Gasteiger partial charge in [0.1, 0.15) is 0 Å². The van der Waals surface area contributed by atoms with Gasteiger partial charge >= 0.3 is 0 Å². The highest BCUT2D eigenvalue weighted by Crippen LogP contribution is 2.41. The Balaban J connectivity index is 1.31. The van der Waals surface area contributed by atoms with Crippen LogP contribution in [0.5, 0.6) is 0 Å². The van der Waals surface area contributed by atoms with Crippen molar-refractivity contribution in [2.75, 3.05) is 26.0 Å². The Morgan fingerprint density at radius 2 is 1.75 bits per heavy atom. The molecule has 2 saturated carbocycles. The van der Waals surface area contributed by atoms with E-state index in [1.165, 1.54) is 31.9 Å². The second kappa shape index (κ2) is 8.23. The first-order valence-electron chi connectivity index (χ1n) is 11.3. The Hall–Kier alpha value is -0.660. The van der Waals surface area contributed by atoms with Crippen LogP contribution in [-0.4, -0.2) is 67.2 Å². The van der Waals surface area contributed by atoms with Crippen LogP contribution in [0.3, 0.4) is 0 Å². The lowest BCUT2D eigenvalue weighted by molar-refractivity contribution is -0.147. The number of likely N-dealkylation sites (tertiary alicyclic amines) is 1. The van der Waals surface area contributed by atoms with Gasteiger partial charge in [0.05, 0.1) is 11.9 Å². The fraction of sp³-hybridized carbons (Fsp3) is 0.952. The molecule has 4 rings (SSSR count). The minimum absolute atomic E-state index is 0.0564. The van der Waals surface area contributed by atoms with Crippen molar-refractivity contribution in [1.29, 1.82) is 0 Å². The summed E-state index contributed by atoms with van der Waals surface area (Å²) in [6, 6.07) is 0.258. The molecule has 7 heteroatoms. The molecular formula is C21H36N2O4S. The minimum atomic E-state index is -3.18. The number of hydrogen-bond acceptors (Lipinski definition) is 4. The summed E-state index contributed by atoms with van der Waals surface area (Å²) in [4.78, 5) is 14.6. The second-order valence-corrected chi connectivity index (χ2v) is 11.5. The summed E-state index contributed by atoms with van der Waals surface area (Å²) in [5.74, 6) is 1.05. The van der Waals surface area contributed by atoms with Crippen molar-refractivity contribution in [3.63, 3.8) is 0 Å². The molecule has 0 bridgehead atoms. The van der Waals surface area contributed by atoms with E-state index in [-0.39, 0.29) is 17.7 Å². The van der Waals surface area contributed by atoms with Gasteiger partial charge < -0.3 is 9.64 Å². The number of carbonyl (C=O) groups excluding carboxylic acids is 1. The number of piperidine rings is 1. The van der Waals surface area contributed by atoms with Crippen LogP contribution in [0.1, 0.15) is 77.0 Å². The van der Waals surface area contributed by atoms with Crippen molar-refractivity contribution < 1.29 is 17.9 Å². The van der Waals surface area contributed by atoms with Crippen LogP contribution in [0.2, 0.25) is 0 Å². The zero-order chi connectivity index (χ0) is 19.8. The van der Waals surface area contributed by atoms with E-state index < -0.39 is 10.0 Å². The van der Waals surface area contributed by atoms with Gasteiger partial charge in [-0.2, -0.15) is 4.31 Å². The summed E-state index contributed by atoms with van der Waals surface area (Å²) in [5, 5.41) is 0. The van der Waals surface area contributed by atoms with Gasteiger partial charge in [0.2, 0.25) is 15.9 Å². The summed E-state index contributed by atoms with van der Waals surface area (Å²) in [6.07, 6.45) is 13.5. The molecule has 28 heavy (non-hydrogen) atoms. The third-order valence-corrected chi connectivity index (χ3v) is 8.75. The van der Waals surface area contributed by atoms with Gasteiger partial charge in [-0.1, -0.05) is 25.7 Å². The molecule has 160 valence electrons. The van der Waals surface area contributed by atoms with E-state index in [0.29, 0.717) is 18.9 Å². The zero-order valence-corrected chi connectivity index (χ0v) is 18.1. The van der Waals surface area contributed by atoms with Crippen molar-refractivity contribution in [2.45, 2.75) is 94.7 Å². The Labute approximate surface area is 170 Å². The maximum atomic E-state index is 12.6. The third kappa shape index (κ3) is 4.73. The molecule has 2 heterocycles. The van der Waals surface area contributed by atoms with Gasteiger partial charge in [-0.05, 0) is 50.9 Å². The largest absolute Gasteiger partial charge is 0.375 e. The molecule has 1 spiro atoms. The number of hydrogen-bond donors (Lipinski definition) is 0. The molecule has 2 aliphatic carbocycles. The molecule has 0 N–H and O–H groups in total. The zero-order valence-electron chi connectivity index (χ0n) is 17.3. The quantitative estimate of drug-likeness (QED) is 0.673. The first kappa shape index (κ1) is 20.6. The van der Waals surface area contributed by atoms with Crippen molar-refractivity contribution in [2.24, 2.45) is 5.92 Å². The molecule has 4 aliphatic rings. The van der Waals surface area contributed by atoms with Gasteiger partial charge in [0, 0.05) is 38.2 Å². The van der Waals surface area contributed by atoms with Crippen molar-refractivity contribution >= 4 is 15.9 Å². The third-order valence-electron chi connectivity index (χ3n) is 7.39. The molecule has 0 radical (unpaired) electrons. The molecular weight excluding hydrogens is 376 g/mol. The highest BCUT2D eigenvalue weighted by Gasteiger charge is 2.47. The minimum Gasteiger partial charge on any atom is -0.375 e. The van der Waals surface area contributed by atoms with E-state index >= 15 is 0 Å². The van der Waals surface area contributed by atoms with Crippen LogP contribution in [0.25, 0.3) is 0 Å². The van der Waals surface area contributed by atoms with E-state index in [9.17, 15) is 13.2 Å². The lowest BCUT2D eigenvalue weighted by Crippen LogP contribution is -2.55. The highest BCUT2D eigenvalue weighted by molar-refractivity contribution is 7.88. The molecule has 1 unspecified atom stereocenters. The van der Waals surface area contributed by atoms with E-state index in [2.05, 4.69) is 0 Å². The molecule has 0 aromatic heterocycles. The van der Waals surface area contributed by atoms with E-state index in [1.807, 2.05) is 4.90 Å². The van der Waals surface area contributed by atoms with Crippen LogP contribution in [0.4, 0.5) is 0 Å². The first-order chi connectivity index (χ1) is 13.4. The molecule has 1 atom stereocenters. The number of ether oxygens (including phenoxy) is 1. The Morgan fingerprint density at radius 1 is 1.07 bits per heavy atom. The second-order valence-electron chi connectivity index (χ2n) is 9.57. The number of amides is 1. The summed E-state index contributed by atoms with van der Waals surface area (Å²) in [7, 11) is -3.18. The lowest BCUT2D eigenvalue weighted by atomic mass is 9.82. The summed E-state index contributed by atoms with van der Waals surface area (Å²) >= 11 is 0. The molecule has 1 amide bonds. The van der Waals surface area contributed by atoms with E-state index in [0.717, 1.165) is 64.0 Å². The number of rotatable bonds is 6. The van der Waals surface area contributed by atoms with E-state index in [4.69, 9.17) is 4.74 Å². The maximum Gasteiger partial charge on any atom is 0.222 e. The molecule has 2 aliphatic heterocycles. The van der Waals surface area contributed by atoms with Crippen LogP contribution < -0.4 is 0 Å². The fourth-order valence-corrected chi connectivity index (χ4v) is 7.16. The highest BCUT2D eigenvalue weighted by atomic mass is 32.2. The van der Waals surface area contributed by atoms with Gasteiger partial charge in [-0.15, -0.1) is 0 Å². The maximum absolute atomic E-state index is 12.6. The monoisotopic (exact) mass is 412 g/mol. The molecule has 0 aromatic carbocycles. The number of carbonyl (C=O) groups is 1. The number of nitrogens with zero attached hydrogens (tertiary/aromatic N) is 2. The Morgan fingerprint density at radius 3 is 2.36 bits per heavy atom. The average Bonchev–Trinajstić information content (AvgIpc) is 3.32. The van der Waals surface area contributed by atoms with E-state index in [1.54, 1.807) is 4.31 Å². The van der Waals surface area contributed by atoms with Crippen LogP contribution in [-0.2, 0) is 19.6 Å². The van der Waals surface area contributed by atoms with Crippen LogP contribution >= 0.6 is 0 Å². The fourth-order valence-electron chi connectivity index (χ4n) is 5.68. The van der Waals surface area contributed by atoms with Crippen molar-refractivity contribution in [3.8, 4) is 0 Å². The summed E-state index contributed by atoms with van der Waals surface area (Å²) < 4.78 is 32.7. The average molecular weight is 413 g/mol. The Bertz CT molecular complexity index is 662. The number of sulfonamides is 1. The standard InChI is InChI=1S/C21H36N2O4S/c1-28(25,26)23(18-7-8-18)19-10-15-27-21(16-19)11-13-22(14-12-21)20(24)9-6-17-4-2-3-5-17/h17-19H,2-16H2,1H3. The van der Waals surface area contributed by atoms with Gasteiger partial charge in [0.15, 0.2) is 0 Å². The van der Waals surface area contributed by atoms with Crippen LogP contribution in [0, 0.1) is 5.92 Å². The Kier molecular flexibility index (Phi) is 6.05. The molecule has 0 aromatic rings. The normalized spacial score (nSPS) is 28.9. The first-order valence-corrected chi connectivity index (χ1v) is 13.1. The summed E-state index contributed by atoms with van der Waals surface area (Å²) in [5.41, 5.74) is -0.247. The SMILES string of the molecule is CS(=O)(=O)N(C1CC1)C1CCOC2(CCN(C(=O)CCC3CCCC3)CC2)C1. The van der Waals surface area contributed by atoms with Crippen LogP contribution in [0.15, 0.2) is 0 Å². The van der Waals surface area contributed by atoms with Gasteiger partial charge in [0.25, 0.3) is 0 Å². The lowest BCUT2D eigenvalue weighted by Gasteiger charge is -2.48.